The third-order valence-electron chi connectivity index (χ3n) is 5.73. The molecule has 0 bridgehead atoms. The van der Waals surface area contributed by atoms with Crippen LogP contribution in [0.3, 0.4) is 0 Å². The van der Waals surface area contributed by atoms with Crippen LogP contribution in [0.15, 0.2) is 95.4 Å². The lowest BCUT2D eigenvalue weighted by Crippen LogP contribution is -1.99. The molecule has 0 aliphatic heterocycles. The predicted octanol–water partition coefficient (Wildman–Crippen LogP) is 5.82. The Labute approximate surface area is 163 Å². The number of fused-ring (bicyclic) bond motifs is 8. The molecule has 130 valence electrons. The molecule has 5 aromatic carbocycles. The lowest BCUT2D eigenvalue weighted by atomic mass is 9.93. The summed E-state index contributed by atoms with van der Waals surface area (Å²) < 4.78 is 6.38. The Morgan fingerprint density at radius 2 is 1.14 bits per heavy atom. The average Bonchev–Trinajstić information content (AvgIpc) is 3.14. The minimum atomic E-state index is 0.937. The molecule has 1 heterocycles. The molecule has 0 spiro atoms. The van der Waals surface area contributed by atoms with E-state index in [1.807, 2.05) is 0 Å². The van der Waals surface area contributed by atoms with Crippen LogP contribution in [-0.2, 0) is 0 Å². The SMILES string of the molecule is Bc1ccc(-c2ccc3oc4c5ccccc5c5ccccc5c4c3c2)cc1. The van der Waals surface area contributed by atoms with E-state index >= 15 is 0 Å². The molecule has 0 saturated heterocycles. The zero-order valence-electron chi connectivity index (χ0n) is 15.6. The van der Waals surface area contributed by atoms with Gasteiger partial charge in [-0.1, -0.05) is 84.3 Å². The highest BCUT2D eigenvalue weighted by Crippen LogP contribution is 2.41. The van der Waals surface area contributed by atoms with Crippen molar-refractivity contribution < 1.29 is 4.42 Å². The van der Waals surface area contributed by atoms with Crippen LogP contribution in [0.5, 0.6) is 0 Å². The Morgan fingerprint density at radius 3 is 1.89 bits per heavy atom. The molecule has 0 N–H and O–H groups in total. The van der Waals surface area contributed by atoms with Gasteiger partial charge in [0.25, 0.3) is 0 Å². The largest absolute Gasteiger partial charge is 0.455 e. The van der Waals surface area contributed by atoms with Gasteiger partial charge in [-0.05, 0) is 39.4 Å². The second kappa shape index (κ2) is 5.74. The lowest BCUT2D eigenvalue weighted by molar-refractivity contribution is 0.673. The smallest absolute Gasteiger partial charge is 0.143 e. The first-order valence-corrected chi connectivity index (χ1v) is 9.62. The summed E-state index contributed by atoms with van der Waals surface area (Å²) in [5, 5.41) is 7.31. The van der Waals surface area contributed by atoms with E-state index in [1.165, 1.54) is 48.9 Å². The van der Waals surface area contributed by atoms with Crippen molar-refractivity contribution in [3.05, 3.63) is 91.0 Å². The molecule has 0 amide bonds. The Bertz CT molecular complexity index is 1510. The van der Waals surface area contributed by atoms with E-state index in [-0.39, 0.29) is 0 Å². The molecular formula is C26H17BO. The molecule has 0 fully saturated rings. The Morgan fingerprint density at radius 1 is 0.536 bits per heavy atom. The third kappa shape index (κ3) is 2.15. The topological polar surface area (TPSA) is 13.1 Å². The Hall–Kier alpha value is -3.52. The summed E-state index contributed by atoms with van der Waals surface area (Å²) in [6.45, 7) is 0. The molecule has 28 heavy (non-hydrogen) atoms. The van der Waals surface area contributed by atoms with Gasteiger partial charge in [-0.3, -0.25) is 0 Å². The van der Waals surface area contributed by atoms with Crippen LogP contribution in [-0.4, -0.2) is 7.85 Å². The van der Waals surface area contributed by atoms with E-state index < -0.39 is 0 Å². The summed E-state index contributed by atoms with van der Waals surface area (Å²) in [4.78, 5) is 0. The predicted molar refractivity (Wildman–Crippen MR) is 122 cm³/mol. The van der Waals surface area contributed by atoms with Gasteiger partial charge < -0.3 is 4.42 Å². The fourth-order valence-electron chi connectivity index (χ4n) is 4.33. The second-order valence-corrected chi connectivity index (χ2v) is 7.47. The quantitative estimate of drug-likeness (QED) is 0.267. The van der Waals surface area contributed by atoms with Crippen LogP contribution in [0, 0.1) is 0 Å². The molecule has 0 aliphatic carbocycles. The summed E-state index contributed by atoms with van der Waals surface area (Å²) in [5.41, 5.74) is 5.63. The van der Waals surface area contributed by atoms with E-state index in [9.17, 15) is 0 Å². The molecule has 1 nitrogen and oxygen atoms in total. The second-order valence-electron chi connectivity index (χ2n) is 7.47. The molecule has 2 heteroatoms. The van der Waals surface area contributed by atoms with Gasteiger partial charge in [-0.2, -0.15) is 0 Å². The zero-order valence-corrected chi connectivity index (χ0v) is 15.6. The van der Waals surface area contributed by atoms with Crippen LogP contribution in [0.25, 0.3) is 54.6 Å². The first-order valence-electron chi connectivity index (χ1n) is 9.62. The van der Waals surface area contributed by atoms with Gasteiger partial charge in [0.2, 0.25) is 0 Å². The van der Waals surface area contributed by atoms with E-state index in [0.29, 0.717) is 0 Å². The number of benzene rings is 5. The van der Waals surface area contributed by atoms with Crippen molar-refractivity contribution in [3.63, 3.8) is 0 Å². The number of furan rings is 1. The lowest BCUT2D eigenvalue weighted by Gasteiger charge is -2.06. The van der Waals surface area contributed by atoms with Gasteiger partial charge >= 0.3 is 0 Å². The maximum absolute atomic E-state index is 6.38. The fourth-order valence-corrected chi connectivity index (χ4v) is 4.33. The van der Waals surface area contributed by atoms with Crippen LogP contribution >= 0.6 is 0 Å². The molecule has 0 saturated carbocycles. The number of rotatable bonds is 1. The number of hydrogen-bond acceptors (Lipinski definition) is 1. The van der Waals surface area contributed by atoms with Crippen molar-refractivity contribution in [3.8, 4) is 11.1 Å². The summed E-state index contributed by atoms with van der Waals surface area (Å²) >= 11 is 0. The highest BCUT2D eigenvalue weighted by molar-refractivity contribution is 6.32. The van der Waals surface area contributed by atoms with E-state index in [0.717, 1.165) is 11.2 Å². The fraction of sp³-hybridized carbons (Fsp3) is 0. The van der Waals surface area contributed by atoms with E-state index in [4.69, 9.17) is 4.42 Å². The van der Waals surface area contributed by atoms with E-state index in [1.54, 1.807) is 0 Å². The Balaban J connectivity index is 1.78. The molecule has 6 rings (SSSR count). The highest BCUT2D eigenvalue weighted by Gasteiger charge is 2.15. The molecule has 0 radical (unpaired) electrons. The minimum Gasteiger partial charge on any atom is -0.455 e. The molecule has 0 atom stereocenters. The minimum absolute atomic E-state index is 0.937. The normalized spacial score (nSPS) is 11.7. The average molecular weight is 356 g/mol. The summed E-state index contributed by atoms with van der Waals surface area (Å²) in [6, 6.07) is 32.4. The maximum atomic E-state index is 6.38. The highest BCUT2D eigenvalue weighted by atomic mass is 16.3. The van der Waals surface area contributed by atoms with Crippen molar-refractivity contribution in [2.75, 3.05) is 0 Å². The van der Waals surface area contributed by atoms with E-state index in [2.05, 4.69) is 98.8 Å². The summed E-state index contributed by atoms with van der Waals surface area (Å²) in [7, 11) is 2.12. The van der Waals surface area contributed by atoms with Crippen molar-refractivity contribution in [1.29, 1.82) is 0 Å². The molecule has 0 aliphatic rings. The molecular weight excluding hydrogens is 339 g/mol. The van der Waals surface area contributed by atoms with Crippen molar-refractivity contribution >= 4 is 56.8 Å². The first kappa shape index (κ1) is 15.5. The summed E-state index contributed by atoms with van der Waals surface area (Å²) in [5.74, 6) is 0. The summed E-state index contributed by atoms with van der Waals surface area (Å²) in [6.07, 6.45) is 0. The van der Waals surface area contributed by atoms with Crippen molar-refractivity contribution in [1.82, 2.24) is 0 Å². The van der Waals surface area contributed by atoms with Gasteiger partial charge in [-0.15, -0.1) is 0 Å². The van der Waals surface area contributed by atoms with Gasteiger partial charge in [0.1, 0.15) is 19.0 Å². The van der Waals surface area contributed by atoms with Gasteiger partial charge in [-0.25, -0.2) is 0 Å². The standard InChI is InChI=1S/C26H17BO/c27-18-12-9-16(10-13-18)17-11-14-24-23(15-17)25-21-7-3-1-5-19(21)20-6-2-4-8-22(20)26(25)28-24/h1-15H,27H2. The van der Waals surface area contributed by atoms with Crippen LogP contribution in [0.1, 0.15) is 0 Å². The molecule has 1 aromatic heterocycles. The first-order chi connectivity index (χ1) is 13.8. The van der Waals surface area contributed by atoms with Crippen molar-refractivity contribution in [2.24, 2.45) is 0 Å². The van der Waals surface area contributed by atoms with Crippen LogP contribution in [0.4, 0.5) is 0 Å². The Kier molecular flexibility index (Phi) is 3.18. The zero-order chi connectivity index (χ0) is 18.7. The third-order valence-corrected chi connectivity index (χ3v) is 5.73. The monoisotopic (exact) mass is 356 g/mol. The van der Waals surface area contributed by atoms with Gasteiger partial charge in [0.05, 0.1) is 0 Å². The molecule has 0 unspecified atom stereocenters. The van der Waals surface area contributed by atoms with Crippen LogP contribution in [0.2, 0.25) is 0 Å². The van der Waals surface area contributed by atoms with Gasteiger partial charge in [0, 0.05) is 16.2 Å². The van der Waals surface area contributed by atoms with Gasteiger partial charge in [0.15, 0.2) is 0 Å². The maximum Gasteiger partial charge on any atom is 0.143 e. The number of hydrogen-bond donors (Lipinski definition) is 0. The van der Waals surface area contributed by atoms with Crippen LogP contribution < -0.4 is 5.46 Å². The molecule has 6 aromatic rings. The van der Waals surface area contributed by atoms with Crippen molar-refractivity contribution in [2.45, 2.75) is 0 Å².